The Bertz CT molecular complexity index is 520. The first-order valence-corrected chi connectivity index (χ1v) is 7.08. The maximum Gasteiger partial charge on any atom is 0.290 e. The van der Waals surface area contributed by atoms with Crippen LogP contribution >= 0.6 is 0 Å². The number of imidazole rings is 1. The van der Waals surface area contributed by atoms with Crippen LogP contribution in [-0.2, 0) is 12.0 Å². The molecule has 0 unspecified atom stereocenters. The number of amides is 1. The van der Waals surface area contributed by atoms with Crippen LogP contribution in [0, 0.1) is 0 Å². The summed E-state index contributed by atoms with van der Waals surface area (Å²) in [7, 11) is 0. The van der Waals surface area contributed by atoms with E-state index in [0.717, 1.165) is 5.69 Å². The Morgan fingerprint density at radius 2 is 1.90 bits per heavy atom. The molecule has 1 aromatic heterocycles. The number of carbonyl (C=O) groups is 1. The molecule has 5 nitrogen and oxygen atoms in total. The van der Waals surface area contributed by atoms with Gasteiger partial charge >= 0.3 is 0 Å². The molecular weight excluding hydrogens is 254 g/mol. The van der Waals surface area contributed by atoms with Gasteiger partial charge in [0.05, 0.1) is 18.3 Å². The first-order valence-electron chi connectivity index (χ1n) is 7.08. The summed E-state index contributed by atoms with van der Waals surface area (Å²) >= 11 is 0. The lowest BCUT2D eigenvalue weighted by Gasteiger charge is -2.43. The average molecular weight is 279 g/mol. The van der Waals surface area contributed by atoms with Gasteiger partial charge in [-0.25, -0.2) is 4.98 Å². The number of fused-ring (bicyclic) bond motifs is 1. The molecule has 0 aliphatic carbocycles. The van der Waals surface area contributed by atoms with Crippen LogP contribution in [0.15, 0.2) is 6.20 Å². The summed E-state index contributed by atoms with van der Waals surface area (Å²) in [4.78, 5) is 19.0. The monoisotopic (exact) mass is 279 g/mol. The van der Waals surface area contributed by atoms with E-state index in [0.29, 0.717) is 12.4 Å². The van der Waals surface area contributed by atoms with Crippen molar-refractivity contribution >= 4 is 5.91 Å². The molecule has 0 aromatic carbocycles. The summed E-state index contributed by atoms with van der Waals surface area (Å²) in [5.41, 5.74) is 0.489. The molecule has 0 saturated heterocycles. The molecule has 0 radical (unpaired) electrons. The molecule has 20 heavy (non-hydrogen) atoms. The minimum absolute atomic E-state index is 0.0362. The molecule has 2 heterocycles. The van der Waals surface area contributed by atoms with E-state index in [1.165, 1.54) is 0 Å². The molecule has 0 spiro atoms. The van der Waals surface area contributed by atoms with Crippen molar-refractivity contribution in [1.82, 2.24) is 14.5 Å². The lowest BCUT2D eigenvalue weighted by Crippen LogP contribution is -2.57. The van der Waals surface area contributed by atoms with E-state index in [2.05, 4.69) is 25.8 Å². The lowest BCUT2D eigenvalue weighted by molar-refractivity contribution is 0.0173. The number of aliphatic hydroxyl groups excluding tert-OH is 1. The number of aliphatic hydroxyl groups is 1. The van der Waals surface area contributed by atoms with Crippen molar-refractivity contribution in [1.29, 1.82) is 0 Å². The van der Waals surface area contributed by atoms with Crippen LogP contribution in [0.3, 0.4) is 0 Å². The van der Waals surface area contributed by atoms with Crippen LogP contribution in [0.5, 0.6) is 0 Å². The molecule has 112 valence electrons. The van der Waals surface area contributed by atoms with Crippen LogP contribution in [0.25, 0.3) is 0 Å². The van der Waals surface area contributed by atoms with Gasteiger partial charge < -0.3 is 14.6 Å². The molecule has 0 saturated carbocycles. The standard InChI is InChI=1S/C15H25N3O2/c1-14(2,3)11-8-17-7-10(9-19)18(15(4,5)6)13(20)12(17)16-11/h8,10,19H,7,9H2,1-6H3/t10-/m1/s1. The van der Waals surface area contributed by atoms with E-state index in [4.69, 9.17) is 0 Å². The highest BCUT2D eigenvalue weighted by atomic mass is 16.3. The summed E-state index contributed by atoms with van der Waals surface area (Å²) in [5, 5.41) is 9.61. The molecule has 1 atom stereocenters. The SMILES string of the molecule is CC(C)(C)c1cn2c(n1)C(=O)N(C(C)(C)C)[C@@H](CO)C2. The number of aromatic nitrogens is 2. The number of hydrogen-bond donors (Lipinski definition) is 1. The molecule has 1 aliphatic rings. The van der Waals surface area contributed by atoms with E-state index in [-0.39, 0.29) is 29.5 Å². The van der Waals surface area contributed by atoms with Gasteiger partial charge in [-0.3, -0.25) is 4.79 Å². The first-order chi connectivity index (χ1) is 9.05. The fraction of sp³-hybridized carbons (Fsp3) is 0.733. The Morgan fingerprint density at radius 1 is 1.30 bits per heavy atom. The van der Waals surface area contributed by atoms with Crippen molar-refractivity contribution in [3.8, 4) is 0 Å². The highest BCUT2D eigenvalue weighted by Gasteiger charge is 2.40. The number of rotatable bonds is 1. The normalized spacial score (nSPS) is 20.2. The van der Waals surface area contributed by atoms with Gasteiger partial charge in [0.1, 0.15) is 0 Å². The van der Waals surface area contributed by atoms with Crippen LogP contribution in [0.4, 0.5) is 0 Å². The second-order valence-electron chi connectivity index (χ2n) is 7.53. The van der Waals surface area contributed by atoms with E-state index >= 15 is 0 Å². The third kappa shape index (κ3) is 2.46. The highest BCUT2D eigenvalue weighted by molar-refractivity contribution is 5.92. The van der Waals surface area contributed by atoms with Crippen molar-refractivity contribution < 1.29 is 9.90 Å². The fourth-order valence-corrected chi connectivity index (χ4v) is 2.66. The fourth-order valence-electron chi connectivity index (χ4n) is 2.66. The Balaban J connectivity index is 2.48. The average Bonchev–Trinajstić information content (AvgIpc) is 2.70. The van der Waals surface area contributed by atoms with Gasteiger partial charge in [-0.15, -0.1) is 0 Å². The van der Waals surface area contributed by atoms with Crippen LogP contribution in [0.1, 0.15) is 57.9 Å². The second kappa shape index (κ2) is 4.58. The molecule has 1 N–H and O–H groups in total. The summed E-state index contributed by atoms with van der Waals surface area (Å²) in [6.45, 7) is 12.7. The lowest BCUT2D eigenvalue weighted by atomic mass is 9.93. The smallest absolute Gasteiger partial charge is 0.290 e. The van der Waals surface area contributed by atoms with Gasteiger partial charge in [0, 0.05) is 23.7 Å². The predicted octanol–water partition coefficient (Wildman–Crippen LogP) is 1.80. The van der Waals surface area contributed by atoms with Crippen LogP contribution in [-0.4, -0.2) is 43.7 Å². The first kappa shape index (κ1) is 15.0. The largest absolute Gasteiger partial charge is 0.394 e. The van der Waals surface area contributed by atoms with Gasteiger partial charge in [-0.05, 0) is 20.8 Å². The second-order valence-corrected chi connectivity index (χ2v) is 7.53. The van der Waals surface area contributed by atoms with Crippen molar-refractivity contribution in [2.24, 2.45) is 0 Å². The van der Waals surface area contributed by atoms with Crippen molar-refractivity contribution in [3.05, 3.63) is 17.7 Å². The predicted molar refractivity (Wildman–Crippen MR) is 77.7 cm³/mol. The molecule has 0 bridgehead atoms. The minimum atomic E-state index is -0.330. The van der Waals surface area contributed by atoms with Crippen LogP contribution < -0.4 is 0 Å². The maximum atomic E-state index is 12.7. The summed E-state index contributed by atoms with van der Waals surface area (Å²) in [6.07, 6.45) is 1.94. The van der Waals surface area contributed by atoms with Crippen molar-refractivity contribution in [3.63, 3.8) is 0 Å². The number of nitrogens with zero attached hydrogens (tertiary/aromatic N) is 3. The van der Waals surface area contributed by atoms with E-state index in [1.807, 2.05) is 31.5 Å². The van der Waals surface area contributed by atoms with Crippen molar-refractivity contribution in [2.45, 2.75) is 65.1 Å². The Labute approximate surface area is 120 Å². The van der Waals surface area contributed by atoms with Gasteiger partial charge in [0.15, 0.2) is 5.82 Å². The van der Waals surface area contributed by atoms with Gasteiger partial charge in [0.25, 0.3) is 5.91 Å². The van der Waals surface area contributed by atoms with E-state index in [1.54, 1.807) is 4.90 Å². The molecule has 2 rings (SSSR count). The summed E-state index contributed by atoms with van der Waals surface area (Å²) < 4.78 is 1.88. The number of hydrogen-bond acceptors (Lipinski definition) is 3. The Morgan fingerprint density at radius 3 is 2.35 bits per heavy atom. The molecule has 5 heteroatoms. The van der Waals surface area contributed by atoms with E-state index < -0.39 is 0 Å². The zero-order valence-corrected chi connectivity index (χ0v) is 13.3. The Hall–Kier alpha value is -1.36. The van der Waals surface area contributed by atoms with Crippen LogP contribution in [0.2, 0.25) is 0 Å². The zero-order chi connectivity index (χ0) is 15.3. The maximum absolute atomic E-state index is 12.7. The minimum Gasteiger partial charge on any atom is -0.394 e. The zero-order valence-electron chi connectivity index (χ0n) is 13.3. The Kier molecular flexibility index (Phi) is 3.45. The third-order valence-electron chi connectivity index (χ3n) is 3.66. The van der Waals surface area contributed by atoms with Gasteiger partial charge in [-0.1, -0.05) is 20.8 Å². The quantitative estimate of drug-likeness (QED) is 0.852. The topological polar surface area (TPSA) is 58.4 Å². The molecule has 1 amide bonds. The molecular formula is C15H25N3O2. The molecule has 0 fully saturated rings. The molecule has 1 aromatic rings. The van der Waals surface area contributed by atoms with Gasteiger partial charge in [-0.2, -0.15) is 0 Å². The van der Waals surface area contributed by atoms with Crippen molar-refractivity contribution in [2.75, 3.05) is 6.61 Å². The summed E-state index contributed by atoms with van der Waals surface area (Å²) in [5.74, 6) is 0.382. The summed E-state index contributed by atoms with van der Waals surface area (Å²) in [6, 6.07) is -0.197. The van der Waals surface area contributed by atoms with E-state index in [9.17, 15) is 9.90 Å². The molecule has 1 aliphatic heterocycles. The third-order valence-corrected chi connectivity index (χ3v) is 3.66. The van der Waals surface area contributed by atoms with Gasteiger partial charge in [0.2, 0.25) is 0 Å². The highest BCUT2D eigenvalue weighted by Crippen LogP contribution is 2.28. The number of carbonyl (C=O) groups excluding carboxylic acids is 1.